The zero-order valence-corrected chi connectivity index (χ0v) is 19.8. The van der Waals surface area contributed by atoms with Crippen LogP contribution >= 0.6 is 11.6 Å². The van der Waals surface area contributed by atoms with Crippen LogP contribution in [0.1, 0.15) is 47.3 Å². The van der Waals surface area contributed by atoms with E-state index in [4.69, 9.17) is 21.1 Å². The number of carboxylic acid groups (broad SMARTS) is 1. The second-order valence-electron chi connectivity index (χ2n) is 8.86. The van der Waals surface area contributed by atoms with Crippen molar-refractivity contribution >= 4 is 23.4 Å². The molecule has 2 heterocycles. The van der Waals surface area contributed by atoms with Crippen molar-refractivity contribution in [3.63, 3.8) is 0 Å². The fourth-order valence-electron chi connectivity index (χ4n) is 4.89. The van der Waals surface area contributed by atoms with Gasteiger partial charge in [0.1, 0.15) is 0 Å². The number of ether oxygens (including phenoxy) is 2. The summed E-state index contributed by atoms with van der Waals surface area (Å²) in [5, 5.41) is 10.3. The molecule has 0 saturated heterocycles. The van der Waals surface area contributed by atoms with Crippen LogP contribution in [0, 0.1) is 11.8 Å². The minimum absolute atomic E-state index is 0.00723. The molecule has 1 aliphatic carbocycles. The van der Waals surface area contributed by atoms with Crippen molar-refractivity contribution in [2.75, 3.05) is 25.2 Å². The minimum atomic E-state index is -1.05. The number of fused-ring (bicyclic) bond motifs is 2. The van der Waals surface area contributed by atoms with E-state index >= 15 is 0 Å². The van der Waals surface area contributed by atoms with Gasteiger partial charge in [0, 0.05) is 25.2 Å². The lowest BCUT2D eigenvalue weighted by Crippen LogP contribution is -2.43. The van der Waals surface area contributed by atoms with Crippen LogP contribution in [0.15, 0.2) is 43.0 Å². The molecule has 1 aromatic heterocycles. The molecule has 0 spiro atoms. The SMILES string of the molecule is C=C[C@H](OC)[C@@H]1CC[C@H]1CN1Cc2ccc(Cl)cc2CCCCOc2ccc(C(=O)O)nc21. The second-order valence-corrected chi connectivity index (χ2v) is 9.30. The van der Waals surface area contributed by atoms with E-state index in [9.17, 15) is 9.90 Å². The molecule has 6 nitrogen and oxygen atoms in total. The van der Waals surface area contributed by atoms with Crippen molar-refractivity contribution in [3.05, 3.63) is 64.8 Å². The standard InChI is InChI=1S/C26H31ClN2O4/c1-3-23(32-2)21-10-8-19(21)16-29-15-18-7-9-20(27)14-17(18)6-4-5-13-33-24-12-11-22(26(30)31)28-25(24)29/h3,7,9,11-12,14,19,21,23H,1,4-6,8,10,13,15-16H2,2H3,(H,30,31)/t19-,21+,23-/m0/s1. The van der Waals surface area contributed by atoms with Crippen LogP contribution in [0.25, 0.3) is 0 Å². The third kappa shape index (κ3) is 5.33. The molecule has 3 atom stereocenters. The number of halogens is 1. The van der Waals surface area contributed by atoms with Gasteiger partial charge in [-0.05, 0) is 79.3 Å². The Bertz CT molecular complexity index is 1010. The molecule has 0 radical (unpaired) electrons. The van der Waals surface area contributed by atoms with Crippen molar-refractivity contribution in [2.24, 2.45) is 11.8 Å². The zero-order valence-electron chi connectivity index (χ0n) is 19.0. The summed E-state index contributed by atoms with van der Waals surface area (Å²) in [5.41, 5.74) is 2.41. The molecule has 0 amide bonds. The Kier molecular flexibility index (Phi) is 7.56. The minimum Gasteiger partial charge on any atom is -0.490 e. The van der Waals surface area contributed by atoms with E-state index < -0.39 is 5.97 Å². The molecule has 4 rings (SSSR count). The van der Waals surface area contributed by atoms with Gasteiger partial charge in [0.15, 0.2) is 17.3 Å². The van der Waals surface area contributed by atoms with Gasteiger partial charge in [-0.15, -0.1) is 6.58 Å². The first-order valence-electron chi connectivity index (χ1n) is 11.5. The van der Waals surface area contributed by atoms with Crippen molar-refractivity contribution in [3.8, 4) is 5.75 Å². The number of nitrogens with zero attached hydrogens (tertiary/aromatic N) is 2. The molecule has 1 saturated carbocycles. The first-order valence-corrected chi connectivity index (χ1v) is 11.9. The molecule has 2 aliphatic rings. The molecular weight excluding hydrogens is 440 g/mol. The summed E-state index contributed by atoms with van der Waals surface area (Å²) < 4.78 is 11.7. The van der Waals surface area contributed by atoms with E-state index in [1.807, 2.05) is 18.2 Å². The third-order valence-corrected chi connectivity index (χ3v) is 7.08. The average molecular weight is 471 g/mol. The normalized spacial score (nSPS) is 21.5. The highest BCUT2D eigenvalue weighted by molar-refractivity contribution is 6.30. The van der Waals surface area contributed by atoms with E-state index in [1.54, 1.807) is 13.2 Å². The molecule has 7 heteroatoms. The number of rotatable bonds is 6. The maximum Gasteiger partial charge on any atom is 0.354 e. The van der Waals surface area contributed by atoms with E-state index in [0.717, 1.165) is 43.7 Å². The molecule has 33 heavy (non-hydrogen) atoms. The largest absolute Gasteiger partial charge is 0.490 e. The van der Waals surface area contributed by atoms with Crippen LogP contribution in [-0.4, -0.2) is 42.4 Å². The number of carboxylic acids is 1. The first-order chi connectivity index (χ1) is 16.0. The molecule has 1 N–H and O–H groups in total. The predicted octanol–water partition coefficient (Wildman–Crippen LogP) is 5.38. The molecule has 2 aromatic rings. The lowest BCUT2D eigenvalue weighted by atomic mass is 9.70. The fraction of sp³-hybridized carbons (Fsp3) is 0.462. The molecule has 1 fully saturated rings. The van der Waals surface area contributed by atoms with Gasteiger partial charge in [-0.1, -0.05) is 23.7 Å². The number of anilines is 1. The molecule has 1 aliphatic heterocycles. The number of pyridine rings is 1. The van der Waals surface area contributed by atoms with E-state index in [-0.39, 0.29) is 11.8 Å². The van der Waals surface area contributed by atoms with E-state index in [1.165, 1.54) is 17.2 Å². The van der Waals surface area contributed by atoms with E-state index in [0.29, 0.717) is 36.6 Å². The second kappa shape index (κ2) is 10.6. The zero-order chi connectivity index (χ0) is 23.4. The van der Waals surface area contributed by atoms with Gasteiger partial charge in [0.2, 0.25) is 0 Å². The Morgan fingerprint density at radius 3 is 2.88 bits per heavy atom. The summed E-state index contributed by atoms with van der Waals surface area (Å²) in [6.45, 7) is 5.82. The number of aromatic nitrogens is 1. The summed E-state index contributed by atoms with van der Waals surface area (Å²) in [6, 6.07) is 9.28. The number of carbonyl (C=O) groups is 1. The van der Waals surface area contributed by atoms with Gasteiger partial charge in [-0.3, -0.25) is 0 Å². The average Bonchev–Trinajstić information content (AvgIpc) is 2.82. The molecular formula is C26H31ClN2O4. The number of methoxy groups -OCH3 is 1. The summed E-state index contributed by atoms with van der Waals surface area (Å²) in [4.78, 5) is 18.4. The van der Waals surface area contributed by atoms with E-state index in [2.05, 4.69) is 22.5 Å². The van der Waals surface area contributed by atoms with Crippen LogP contribution in [-0.2, 0) is 17.7 Å². The van der Waals surface area contributed by atoms with Crippen LogP contribution < -0.4 is 9.64 Å². The summed E-state index contributed by atoms with van der Waals surface area (Å²) in [7, 11) is 1.72. The first kappa shape index (κ1) is 23.6. The number of aromatic carboxylic acids is 1. The smallest absolute Gasteiger partial charge is 0.354 e. The van der Waals surface area contributed by atoms with Crippen molar-refractivity contribution in [2.45, 2.75) is 44.8 Å². The predicted molar refractivity (Wildman–Crippen MR) is 129 cm³/mol. The lowest BCUT2D eigenvalue weighted by Gasteiger charge is -2.43. The highest BCUT2D eigenvalue weighted by Gasteiger charge is 2.37. The molecule has 176 valence electrons. The summed E-state index contributed by atoms with van der Waals surface area (Å²) in [6.07, 6.45) is 6.85. The number of hydrogen-bond donors (Lipinski definition) is 1. The molecule has 0 bridgehead atoms. The topological polar surface area (TPSA) is 71.9 Å². The van der Waals surface area contributed by atoms with Gasteiger partial charge in [0.05, 0.1) is 12.7 Å². The Labute approximate surface area is 200 Å². The summed E-state index contributed by atoms with van der Waals surface area (Å²) in [5.74, 6) is 0.919. The maximum atomic E-state index is 11.7. The highest BCUT2D eigenvalue weighted by Crippen LogP contribution is 2.41. The number of aryl methyl sites for hydroxylation is 1. The van der Waals surface area contributed by atoms with Crippen molar-refractivity contribution in [1.29, 1.82) is 0 Å². The van der Waals surface area contributed by atoms with Crippen molar-refractivity contribution < 1.29 is 19.4 Å². The van der Waals surface area contributed by atoms with Crippen LogP contribution in [0.4, 0.5) is 5.82 Å². The van der Waals surface area contributed by atoms with Crippen LogP contribution in [0.2, 0.25) is 5.02 Å². The van der Waals surface area contributed by atoms with Crippen molar-refractivity contribution in [1.82, 2.24) is 4.98 Å². The monoisotopic (exact) mass is 470 g/mol. The lowest BCUT2D eigenvalue weighted by molar-refractivity contribution is 0.0137. The number of hydrogen-bond acceptors (Lipinski definition) is 5. The Hall–Kier alpha value is -2.57. The quantitative estimate of drug-likeness (QED) is 0.571. The molecule has 0 unspecified atom stereocenters. The van der Waals surface area contributed by atoms with Gasteiger partial charge in [-0.2, -0.15) is 0 Å². The van der Waals surface area contributed by atoms with Gasteiger partial charge < -0.3 is 19.5 Å². The number of benzene rings is 1. The fourth-order valence-corrected chi connectivity index (χ4v) is 5.08. The molecule has 1 aromatic carbocycles. The van der Waals surface area contributed by atoms with Gasteiger partial charge >= 0.3 is 5.97 Å². The van der Waals surface area contributed by atoms with Crippen LogP contribution in [0.5, 0.6) is 5.75 Å². The third-order valence-electron chi connectivity index (χ3n) is 6.84. The maximum absolute atomic E-state index is 11.7. The Morgan fingerprint density at radius 1 is 1.33 bits per heavy atom. The van der Waals surface area contributed by atoms with Gasteiger partial charge in [0.25, 0.3) is 0 Å². The summed E-state index contributed by atoms with van der Waals surface area (Å²) >= 11 is 6.31. The Morgan fingerprint density at radius 2 is 2.18 bits per heavy atom. The highest BCUT2D eigenvalue weighted by atomic mass is 35.5. The Balaban J connectivity index is 1.74. The van der Waals surface area contributed by atoms with Gasteiger partial charge in [-0.25, -0.2) is 9.78 Å². The van der Waals surface area contributed by atoms with Crippen LogP contribution in [0.3, 0.4) is 0 Å².